The molecule has 110 valence electrons. The molecule has 0 aliphatic carbocycles. The maximum Gasteiger partial charge on any atom is 0.335 e. The lowest BCUT2D eigenvalue weighted by molar-refractivity contribution is -0.109. The van der Waals surface area contributed by atoms with Crippen molar-refractivity contribution in [3.63, 3.8) is 0 Å². The molecule has 3 N–H and O–H groups in total. The predicted molar refractivity (Wildman–Crippen MR) is 72.1 cm³/mol. The molecule has 0 spiro atoms. The lowest BCUT2D eigenvalue weighted by Crippen LogP contribution is -2.20. The maximum absolute atomic E-state index is 13.6. The summed E-state index contributed by atoms with van der Waals surface area (Å²) in [6, 6.07) is 2.99. The van der Waals surface area contributed by atoms with Gasteiger partial charge < -0.3 is 15.3 Å². The summed E-state index contributed by atoms with van der Waals surface area (Å²) < 4.78 is 13.6. The van der Waals surface area contributed by atoms with Crippen LogP contribution in [0.25, 0.3) is 0 Å². The first-order valence-corrected chi connectivity index (χ1v) is 6.83. The van der Waals surface area contributed by atoms with Crippen molar-refractivity contribution in [2.24, 2.45) is 0 Å². The number of hydrogen-bond donors (Lipinski definition) is 3. The van der Waals surface area contributed by atoms with Crippen LogP contribution in [0.15, 0.2) is 18.2 Å². The Morgan fingerprint density at radius 2 is 2.00 bits per heavy atom. The second-order valence-electron chi connectivity index (χ2n) is 4.18. The predicted octanol–water partition coefficient (Wildman–Crippen LogP) is 1.59. The summed E-state index contributed by atoms with van der Waals surface area (Å²) in [5.74, 6) is -1.76. The van der Waals surface area contributed by atoms with E-state index in [4.69, 9.17) is 5.11 Å². The first kappa shape index (κ1) is 16.6. The number of carbonyl (C=O) groups is 2. The van der Waals surface area contributed by atoms with Gasteiger partial charge in [-0.05, 0) is 24.6 Å². The zero-order chi connectivity index (χ0) is 15.3. The number of rotatable bonds is 6. The Bertz CT molecular complexity index is 506. The zero-order valence-corrected chi connectivity index (χ0v) is 11.6. The Kier molecular flexibility index (Phi) is 6.12. The molecule has 0 radical (unpaired) electrons. The van der Waals surface area contributed by atoms with E-state index in [-0.39, 0.29) is 28.4 Å². The van der Waals surface area contributed by atoms with E-state index < -0.39 is 24.0 Å². The molecule has 0 bridgehead atoms. The highest BCUT2D eigenvalue weighted by Crippen LogP contribution is 2.24. The number of halogens is 1. The number of aliphatic hydroxyl groups excluding tert-OH is 2. The van der Waals surface area contributed by atoms with Gasteiger partial charge in [-0.2, -0.15) is 0 Å². The summed E-state index contributed by atoms with van der Waals surface area (Å²) in [7, 11) is 0. The second-order valence-corrected chi connectivity index (χ2v) is 5.45. The topological polar surface area (TPSA) is 94.8 Å². The van der Waals surface area contributed by atoms with Gasteiger partial charge in [-0.25, -0.2) is 9.18 Å². The highest BCUT2D eigenvalue weighted by Gasteiger charge is 2.22. The molecule has 0 aliphatic heterocycles. The third kappa shape index (κ3) is 4.59. The molecule has 0 fully saturated rings. The number of benzene rings is 1. The number of carbonyl (C=O) groups excluding carboxylic acids is 1. The number of hydrogen-bond acceptors (Lipinski definition) is 5. The third-order valence-electron chi connectivity index (χ3n) is 2.64. The summed E-state index contributed by atoms with van der Waals surface area (Å²) >= 11 is 0.987. The Balaban J connectivity index is 2.79. The van der Waals surface area contributed by atoms with E-state index >= 15 is 0 Å². The van der Waals surface area contributed by atoms with Gasteiger partial charge in [0, 0.05) is 18.2 Å². The van der Waals surface area contributed by atoms with Crippen LogP contribution in [0.4, 0.5) is 4.39 Å². The lowest BCUT2D eigenvalue weighted by atomic mass is 10.00. The quantitative estimate of drug-likeness (QED) is 0.738. The van der Waals surface area contributed by atoms with E-state index in [2.05, 4.69) is 0 Å². The van der Waals surface area contributed by atoms with Gasteiger partial charge in [0.2, 0.25) is 0 Å². The standard InChI is InChI=1S/C13H15FO5S/c1-7(15)20-5-4-11(16)12(17)9-6-8(13(18)19)2-3-10(9)14/h2-3,6,11-12,16-17H,4-5H2,1H3,(H,18,19). The number of carboxylic acids is 1. The average molecular weight is 302 g/mol. The molecule has 0 heterocycles. The molecular formula is C13H15FO5S. The van der Waals surface area contributed by atoms with E-state index in [1.54, 1.807) is 0 Å². The van der Waals surface area contributed by atoms with Gasteiger partial charge in [-0.1, -0.05) is 11.8 Å². The van der Waals surface area contributed by atoms with Crippen molar-refractivity contribution < 1.29 is 29.3 Å². The van der Waals surface area contributed by atoms with Crippen molar-refractivity contribution in [2.45, 2.75) is 25.6 Å². The van der Waals surface area contributed by atoms with Gasteiger partial charge in [0.05, 0.1) is 11.7 Å². The number of thioether (sulfide) groups is 1. The molecule has 2 unspecified atom stereocenters. The molecule has 2 atom stereocenters. The van der Waals surface area contributed by atoms with Crippen LogP contribution in [0.5, 0.6) is 0 Å². The molecular weight excluding hydrogens is 287 g/mol. The number of aliphatic hydroxyl groups is 2. The van der Waals surface area contributed by atoms with Crippen LogP contribution in [0.2, 0.25) is 0 Å². The summed E-state index contributed by atoms with van der Waals surface area (Å²) in [5.41, 5.74) is -0.448. The molecule has 0 aliphatic rings. The maximum atomic E-state index is 13.6. The minimum absolute atomic E-state index is 0.0855. The molecule has 0 amide bonds. The van der Waals surface area contributed by atoms with Crippen LogP contribution in [0, 0.1) is 5.82 Å². The van der Waals surface area contributed by atoms with Crippen LogP contribution < -0.4 is 0 Å². The van der Waals surface area contributed by atoms with E-state index in [1.165, 1.54) is 6.92 Å². The highest BCUT2D eigenvalue weighted by atomic mass is 32.2. The van der Waals surface area contributed by atoms with Crippen molar-refractivity contribution in [1.29, 1.82) is 0 Å². The highest BCUT2D eigenvalue weighted by molar-refractivity contribution is 8.13. The Hall–Kier alpha value is -1.44. The zero-order valence-electron chi connectivity index (χ0n) is 10.7. The molecule has 1 aromatic carbocycles. The van der Waals surface area contributed by atoms with Gasteiger partial charge in [0.15, 0.2) is 5.12 Å². The van der Waals surface area contributed by atoms with Gasteiger partial charge in [0.25, 0.3) is 0 Å². The summed E-state index contributed by atoms with van der Waals surface area (Å²) in [5, 5.41) is 28.3. The molecule has 0 saturated heterocycles. The molecule has 0 saturated carbocycles. The van der Waals surface area contributed by atoms with E-state index in [0.29, 0.717) is 0 Å². The van der Waals surface area contributed by atoms with Crippen LogP contribution in [0.3, 0.4) is 0 Å². The van der Waals surface area contributed by atoms with E-state index in [0.717, 1.165) is 30.0 Å². The molecule has 1 aromatic rings. The smallest absolute Gasteiger partial charge is 0.335 e. The van der Waals surface area contributed by atoms with Gasteiger partial charge >= 0.3 is 5.97 Å². The Morgan fingerprint density at radius 1 is 1.35 bits per heavy atom. The van der Waals surface area contributed by atoms with Crippen molar-refractivity contribution in [1.82, 2.24) is 0 Å². The van der Waals surface area contributed by atoms with Crippen LogP contribution in [-0.4, -0.2) is 38.3 Å². The minimum atomic E-state index is -1.54. The monoisotopic (exact) mass is 302 g/mol. The SMILES string of the molecule is CC(=O)SCCC(O)C(O)c1cc(C(=O)O)ccc1F. The second kappa shape index (κ2) is 7.37. The molecule has 0 aromatic heterocycles. The normalized spacial score (nSPS) is 13.8. The molecule has 20 heavy (non-hydrogen) atoms. The van der Waals surface area contributed by atoms with Gasteiger partial charge in [0.1, 0.15) is 11.9 Å². The van der Waals surface area contributed by atoms with Crippen molar-refractivity contribution >= 4 is 22.8 Å². The third-order valence-corrected chi connectivity index (χ3v) is 3.49. The number of carboxylic acid groups (broad SMARTS) is 1. The molecule has 1 rings (SSSR count). The number of aromatic carboxylic acids is 1. The van der Waals surface area contributed by atoms with Crippen LogP contribution in [0.1, 0.15) is 35.4 Å². The fraction of sp³-hybridized carbons (Fsp3) is 0.385. The van der Waals surface area contributed by atoms with Crippen molar-refractivity contribution in [2.75, 3.05) is 5.75 Å². The van der Waals surface area contributed by atoms with Crippen molar-refractivity contribution in [3.8, 4) is 0 Å². The average Bonchev–Trinajstić information content (AvgIpc) is 2.37. The summed E-state index contributed by atoms with van der Waals surface area (Å²) in [6.07, 6.45) is -2.73. The first-order chi connectivity index (χ1) is 9.32. The fourth-order valence-electron chi connectivity index (χ4n) is 1.59. The Morgan fingerprint density at radius 3 is 2.55 bits per heavy atom. The van der Waals surface area contributed by atoms with Gasteiger partial charge in [-0.15, -0.1) is 0 Å². The largest absolute Gasteiger partial charge is 0.478 e. The Labute approximate surface area is 119 Å². The minimum Gasteiger partial charge on any atom is -0.478 e. The van der Waals surface area contributed by atoms with Crippen LogP contribution >= 0.6 is 11.8 Å². The summed E-state index contributed by atoms with van der Waals surface area (Å²) in [4.78, 5) is 21.5. The fourth-order valence-corrected chi connectivity index (χ4v) is 2.24. The summed E-state index contributed by atoms with van der Waals surface area (Å²) in [6.45, 7) is 1.38. The van der Waals surface area contributed by atoms with Crippen LogP contribution in [-0.2, 0) is 4.79 Å². The van der Waals surface area contributed by atoms with E-state index in [1.807, 2.05) is 0 Å². The van der Waals surface area contributed by atoms with Gasteiger partial charge in [-0.3, -0.25) is 4.79 Å². The first-order valence-electron chi connectivity index (χ1n) is 5.85. The van der Waals surface area contributed by atoms with Crippen molar-refractivity contribution in [3.05, 3.63) is 35.1 Å². The lowest BCUT2D eigenvalue weighted by Gasteiger charge is -2.18. The molecule has 5 nitrogen and oxygen atoms in total. The van der Waals surface area contributed by atoms with E-state index in [9.17, 15) is 24.2 Å². The molecule has 7 heteroatoms.